The second-order valence-electron chi connectivity index (χ2n) is 10.9. The minimum atomic E-state index is -0.887. The summed E-state index contributed by atoms with van der Waals surface area (Å²) in [6, 6.07) is 15.5. The number of ether oxygens (including phenoxy) is 3. The van der Waals surface area contributed by atoms with Gasteiger partial charge in [-0.1, -0.05) is 31.0 Å². The second-order valence-corrected chi connectivity index (χ2v) is 10.9. The third kappa shape index (κ3) is 11.1. The minimum Gasteiger partial charge on any atom is -0.494 e. The minimum absolute atomic E-state index is 0.0112. The summed E-state index contributed by atoms with van der Waals surface area (Å²) in [6.45, 7) is 0.695. The number of carbonyl (C=O) groups excluding carboxylic acids is 1. The van der Waals surface area contributed by atoms with E-state index in [-0.39, 0.29) is 31.1 Å². The molecule has 3 aromatic carbocycles. The number of hydrogen-bond donors (Lipinski definition) is 2. The first kappa shape index (κ1) is 34.9. The fourth-order valence-corrected chi connectivity index (χ4v) is 4.94. The van der Waals surface area contributed by atoms with Crippen LogP contribution in [0.15, 0.2) is 54.6 Å². The van der Waals surface area contributed by atoms with E-state index in [4.69, 9.17) is 19.3 Å². The second kappa shape index (κ2) is 17.6. The number of aryl methyl sites for hydroxylation is 1. The lowest BCUT2D eigenvalue weighted by molar-refractivity contribution is -0.138. The third-order valence-electron chi connectivity index (χ3n) is 7.27. The first-order valence-corrected chi connectivity index (χ1v) is 15.1. The summed E-state index contributed by atoms with van der Waals surface area (Å²) in [5, 5.41) is 18.1. The van der Waals surface area contributed by atoms with Crippen molar-refractivity contribution in [2.45, 2.75) is 57.8 Å². The maximum atomic E-state index is 14.4. The molecule has 0 aliphatic heterocycles. The highest BCUT2D eigenvalue weighted by Crippen LogP contribution is 2.30. The van der Waals surface area contributed by atoms with Crippen molar-refractivity contribution in [1.82, 2.24) is 4.90 Å². The molecule has 0 saturated carbocycles. The van der Waals surface area contributed by atoms with Crippen LogP contribution in [0.2, 0.25) is 0 Å². The summed E-state index contributed by atoms with van der Waals surface area (Å²) in [6.07, 6.45) is 4.99. The lowest BCUT2D eigenvalue weighted by Gasteiger charge is -2.16. The number of carbonyl (C=O) groups is 3. The number of carboxylic acids is 2. The van der Waals surface area contributed by atoms with Crippen LogP contribution in [0, 0.1) is 5.82 Å². The molecule has 0 aromatic heterocycles. The Kier molecular flexibility index (Phi) is 13.7. The molecule has 0 saturated heterocycles. The molecule has 0 aliphatic rings. The van der Waals surface area contributed by atoms with Gasteiger partial charge in [0.2, 0.25) is 0 Å². The van der Waals surface area contributed by atoms with Crippen molar-refractivity contribution in [2.75, 3.05) is 34.4 Å². The van der Waals surface area contributed by atoms with E-state index in [1.54, 1.807) is 50.5 Å². The number of carboxylic acid groups (broad SMARTS) is 2. The topological polar surface area (TPSA) is 123 Å². The summed E-state index contributed by atoms with van der Waals surface area (Å²) in [5.74, 6) is -1.18. The first-order valence-electron chi connectivity index (χ1n) is 15.1. The Bertz CT molecular complexity index is 1460. The Morgan fingerprint density at radius 2 is 1.49 bits per heavy atom. The zero-order chi connectivity index (χ0) is 32.8. The van der Waals surface area contributed by atoms with Crippen molar-refractivity contribution in [3.63, 3.8) is 0 Å². The van der Waals surface area contributed by atoms with Gasteiger partial charge in [-0.3, -0.25) is 14.4 Å². The van der Waals surface area contributed by atoms with Gasteiger partial charge in [0.1, 0.15) is 11.5 Å². The number of methoxy groups -OCH3 is 1. The van der Waals surface area contributed by atoms with Gasteiger partial charge in [-0.2, -0.15) is 0 Å². The highest BCUT2D eigenvalue weighted by atomic mass is 19.1. The van der Waals surface area contributed by atoms with E-state index in [1.807, 2.05) is 12.1 Å². The SMILES string of the molecule is COc1ccc(-c2cc(OCCCCCCc3cccc(OCCCC(=O)O)c3CCC(=O)O)cc(C(=O)N(C)C)c2)cc1F. The standard InChI is InChI=1S/C35H42FNO8/c1-37(2)35(42)27-20-26(25-14-16-32(43-3)30(36)23-25)21-28(22-27)44-18-7-5-4-6-10-24-11-8-12-31(29(24)15-17-34(40)41)45-19-9-13-33(38)39/h8,11-12,14,16,20-23H,4-7,9-10,13,15,17-19H2,1-3H3,(H,38,39)(H,40,41). The highest BCUT2D eigenvalue weighted by molar-refractivity contribution is 5.95. The van der Waals surface area contributed by atoms with Crippen molar-refractivity contribution in [2.24, 2.45) is 0 Å². The molecular weight excluding hydrogens is 581 g/mol. The average molecular weight is 624 g/mol. The van der Waals surface area contributed by atoms with E-state index in [1.165, 1.54) is 18.1 Å². The van der Waals surface area contributed by atoms with Gasteiger partial charge in [-0.05, 0) is 90.8 Å². The summed E-state index contributed by atoms with van der Waals surface area (Å²) in [7, 11) is 4.75. The molecule has 45 heavy (non-hydrogen) atoms. The maximum absolute atomic E-state index is 14.4. The van der Waals surface area contributed by atoms with Gasteiger partial charge < -0.3 is 29.3 Å². The molecule has 9 nitrogen and oxygen atoms in total. The van der Waals surface area contributed by atoms with Gasteiger partial charge >= 0.3 is 11.9 Å². The molecule has 2 N–H and O–H groups in total. The van der Waals surface area contributed by atoms with Gasteiger partial charge in [-0.15, -0.1) is 0 Å². The molecule has 3 aromatic rings. The fourth-order valence-electron chi connectivity index (χ4n) is 4.94. The van der Waals surface area contributed by atoms with Crippen LogP contribution in [-0.4, -0.2) is 67.4 Å². The Hall–Kier alpha value is -4.60. The quantitative estimate of drug-likeness (QED) is 0.142. The monoisotopic (exact) mass is 623 g/mol. The van der Waals surface area contributed by atoms with E-state index in [9.17, 15) is 23.9 Å². The van der Waals surface area contributed by atoms with Crippen LogP contribution in [0.25, 0.3) is 11.1 Å². The summed E-state index contributed by atoms with van der Waals surface area (Å²) >= 11 is 0. The van der Waals surface area contributed by atoms with E-state index >= 15 is 0 Å². The molecule has 0 radical (unpaired) electrons. The fraction of sp³-hybridized carbons (Fsp3) is 0.400. The van der Waals surface area contributed by atoms with E-state index in [2.05, 4.69) is 0 Å². The Labute approximate surface area is 263 Å². The largest absolute Gasteiger partial charge is 0.494 e. The molecule has 1 amide bonds. The molecule has 0 unspecified atom stereocenters. The van der Waals surface area contributed by atoms with Crippen molar-refractivity contribution in [3.8, 4) is 28.4 Å². The van der Waals surface area contributed by atoms with Crippen LogP contribution in [0.1, 0.15) is 66.4 Å². The molecule has 3 rings (SSSR count). The smallest absolute Gasteiger partial charge is 0.303 e. The lowest BCUT2D eigenvalue weighted by atomic mass is 9.97. The van der Waals surface area contributed by atoms with E-state index in [0.717, 1.165) is 43.2 Å². The summed E-state index contributed by atoms with van der Waals surface area (Å²) in [4.78, 5) is 36.3. The number of nitrogens with zero attached hydrogens (tertiary/aromatic N) is 1. The van der Waals surface area contributed by atoms with Crippen LogP contribution >= 0.6 is 0 Å². The summed E-state index contributed by atoms with van der Waals surface area (Å²) < 4.78 is 31.3. The number of hydrogen-bond acceptors (Lipinski definition) is 6. The first-order chi connectivity index (χ1) is 21.6. The van der Waals surface area contributed by atoms with Crippen LogP contribution in [0.3, 0.4) is 0 Å². The Morgan fingerprint density at radius 3 is 2.18 bits per heavy atom. The molecular formula is C35H42FNO8. The van der Waals surface area contributed by atoms with Crippen LogP contribution in [0.5, 0.6) is 17.2 Å². The molecule has 0 fully saturated rings. The summed E-state index contributed by atoms with van der Waals surface area (Å²) in [5.41, 5.74) is 3.59. The van der Waals surface area contributed by atoms with Crippen LogP contribution in [-0.2, 0) is 22.4 Å². The van der Waals surface area contributed by atoms with Crippen LogP contribution < -0.4 is 14.2 Å². The molecule has 242 valence electrons. The molecule has 0 heterocycles. The van der Waals surface area contributed by atoms with Gasteiger partial charge in [0.25, 0.3) is 5.91 Å². The molecule has 0 spiro atoms. The van der Waals surface area contributed by atoms with Gasteiger partial charge in [0, 0.05) is 32.5 Å². The number of unbranched alkanes of at least 4 members (excludes halogenated alkanes) is 3. The van der Waals surface area contributed by atoms with Crippen molar-refractivity contribution in [3.05, 3.63) is 77.1 Å². The van der Waals surface area contributed by atoms with Crippen molar-refractivity contribution in [1.29, 1.82) is 0 Å². The highest BCUT2D eigenvalue weighted by Gasteiger charge is 2.15. The number of halogens is 1. The van der Waals surface area contributed by atoms with E-state index < -0.39 is 17.8 Å². The van der Waals surface area contributed by atoms with Gasteiger partial charge in [-0.25, -0.2) is 4.39 Å². The zero-order valence-corrected chi connectivity index (χ0v) is 26.1. The zero-order valence-electron chi connectivity index (χ0n) is 26.1. The number of benzene rings is 3. The predicted octanol–water partition coefficient (Wildman–Crippen LogP) is 6.65. The van der Waals surface area contributed by atoms with Gasteiger partial charge in [0.05, 0.1) is 20.3 Å². The molecule has 10 heteroatoms. The van der Waals surface area contributed by atoms with Crippen molar-refractivity contribution < 1.29 is 43.2 Å². The Balaban J connectivity index is 1.57. The van der Waals surface area contributed by atoms with Crippen molar-refractivity contribution >= 4 is 17.8 Å². The predicted molar refractivity (Wildman–Crippen MR) is 169 cm³/mol. The van der Waals surface area contributed by atoms with Gasteiger partial charge in [0.15, 0.2) is 11.6 Å². The lowest BCUT2D eigenvalue weighted by Crippen LogP contribution is -2.21. The average Bonchev–Trinajstić information content (AvgIpc) is 3.01. The molecule has 0 bridgehead atoms. The van der Waals surface area contributed by atoms with Crippen LogP contribution in [0.4, 0.5) is 4.39 Å². The third-order valence-corrected chi connectivity index (χ3v) is 7.27. The van der Waals surface area contributed by atoms with E-state index in [0.29, 0.717) is 47.6 Å². The molecule has 0 aliphatic carbocycles. The number of rotatable bonds is 19. The molecule has 0 atom stereocenters. The normalized spacial score (nSPS) is 10.8. The number of amides is 1. The Morgan fingerprint density at radius 1 is 0.756 bits per heavy atom. The number of aliphatic carboxylic acids is 2. The maximum Gasteiger partial charge on any atom is 0.303 e.